The fourth-order valence-corrected chi connectivity index (χ4v) is 3.80. The minimum Gasteiger partial charge on any atom is -0.334 e. The molecule has 0 spiro atoms. The Hall–Kier alpha value is -3.65. The van der Waals surface area contributed by atoms with Crippen LogP contribution in [-0.2, 0) is 11.2 Å². The van der Waals surface area contributed by atoms with E-state index in [0.717, 1.165) is 22.3 Å². The van der Waals surface area contributed by atoms with E-state index in [4.69, 9.17) is 0 Å². The highest BCUT2D eigenvalue weighted by Gasteiger charge is 2.23. The van der Waals surface area contributed by atoms with E-state index < -0.39 is 0 Å². The first-order valence-electron chi connectivity index (χ1n) is 10.2. The Morgan fingerprint density at radius 1 is 0.633 bits per heavy atom. The third-order valence-corrected chi connectivity index (χ3v) is 5.43. The lowest BCUT2D eigenvalue weighted by Gasteiger charge is -2.29. The highest BCUT2D eigenvalue weighted by Crippen LogP contribution is 2.28. The highest BCUT2D eigenvalue weighted by molar-refractivity contribution is 5.80. The maximum atomic E-state index is 13.2. The van der Waals surface area contributed by atoms with Crippen LogP contribution in [0.2, 0.25) is 0 Å². The second-order valence-corrected chi connectivity index (χ2v) is 7.47. The monoisotopic (exact) mass is 391 g/mol. The average molecular weight is 392 g/mol. The molecular formula is C28H25NO. The molecule has 2 heteroatoms. The molecule has 4 aromatic rings. The van der Waals surface area contributed by atoms with Crippen LogP contribution >= 0.6 is 0 Å². The van der Waals surface area contributed by atoms with Gasteiger partial charge in [-0.15, -0.1) is 0 Å². The Labute approximate surface area is 178 Å². The third-order valence-electron chi connectivity index (χ3n) is 5.43. The van der Waals surface area contributed by atoms with Crippen molar-refractivity contribution in [1.29, 1.82) is 0 Å². The molecule has 0 N–H and O–H groups in total. The maximum absolute atomic E-state index is 13.2. The first-order chi connectivity index (χ1) is 14.7. The lowest BCUT2D eigenvalue weighted by molar-refractivity contribution is -0.130. The number of rotatable bonds is 6. The van der Waals surface area contributed by atoms with Crippen molar-refractivity contribution in [3.05, 3.63) is 132 Å². The summed E-state index contributed by atoms with van der Waals surface area (Å²) in [6, 6.07) is 38.8. The van der Waals surface area contributed by atoms with Gasteiger partial charge in [-0.2, -0.15) is 0 Å². The Bertz CT molecular complexity index is 1030. The van der Waals surface area contributed by atoms with Crippen molar-refractivity contribution >= 4 is 5.91 Å². The van der Waals surface area contributed by atoms with Gasteiger partial charge in [0.15, 0.2) is 0 Å². The van der Waals surface area contributed by atoms with Crippen molar-refractivity contribution < 1.29 is 4.79 Å². The van der Waals surface area contributed by atoms with Gasteiger partial charge in [0.1, 0.15) is 0 Å². The summed E-state index contributed by atoms with van der Waals surface area (Å²) in [5.74, 6) is 0.0974. The number of hydrogen-bond donors (Lipinski definition) is 0. The molecular weight excluding hydrogens is 366 g/mol. The van der Waals surface area contributed by atoms with Gasteiger partial charge in [-0.05, 0) is 27.8 Å². The fourth-order valence-electron chi connectivity index (χ4n) is 3.80. The number of hydrogen-bond acceptors (Lipinski definition) is 1. The summed E-state index contributed by atoms with van der Waals surface area (Å²) < 4.78 is 0. The van der Waals surface area contributed by atoms with Crippen LogP contribution in [0.1, 0.15) is 22.7 Å². The molecule has 148 valence electrons. The highest BCUT2D eigenvalue weighted by atomic mass is 16.2. The molecule has 4 rings (SSSR count). The first-order valence-corrected chi connectivity index (χ1v) is 10.2. The zero-order valence-corrected chi connectivity index (χ0v) is 17.1. The molecule has 0 atom stereocenters. The van der Waals surface area contributed by atoms with E-state index in [-0.39, 0.29) is 11.9 Å². The summed E-state index contributed by atoms with van der Waals surface area (Å²) in [7, 11) is 1.89. The van der Waals surface area contributed by atoms with Crippen LogP contribution in [0.3, 0.4) is 0 Å². The molecule has 1 amide bonds. The van der Waals surface area contributed by atoms with Gasteiger partial charge in [0.25, 0.3) is 0 Å². The summed E-state index contributed by atoms with van der Waals surface area (Å²) in [5.41, 5.74) is 5.58. The first kappa shape index (κ1) is 19.7. The molecule has 0 unspecified atom stereocenters. The Kier molecular flexibility index (Phi) is 6.05. The Balaban J connectivity index is 1.54. The topological polar surface area (TPSA) is 20.3 Å². The fraction of sp³-hybridized carbons (Fsp3) is 0.107. The van der Waals surface area contributed by atoms with Crippen LogP contribution in [0.4, 0.5) is 0 Å². The molecule has 0 heterocycles. The van der Waals surface area contributed by atoms with E-state index in [1.165, 1.54) is 5.56 Å². The van der Waals surface area contributed by atoms with E-state index in [1.807, 2.05) is 78.7 Å². The van der Waals surface area contributed by atoms with Crippen molar-refractivity contribution in [3.8, 4) is 11.1 Å². The lowest BCUT2D eigenvalue weighted by atomic mass is 9.96. The van der Waals surface area contributed by atoms with E-state index in [0.29, 0.717) is 6.42 Å². The zero-order chi connectivity index (χ0) is 20.8. The predicted molar refractivity (Wildman–Crippen MR) is 123 cm³/mol. The second kappa shape index (κ2) is 9.23. The van der Waals surface area contributed by atoms with E-state index >= 15 is 0 Å². The molecule has 0 radical (unpaired) electrons. The Morgan fingerprint density at radius 2 is 1.07 bits per heavy atom. The molecule has 0 aliphatic heterocycles. The Morgan fingerprint density at radius 3 is 1.57 bits per heavy atom. The number of carbonyl (C=O) groups excluding carboxylic acids is 1. The molecule has 2 nitrogen and oxygen atoms in total. The molecule has 0 saturated carbocycles. The van der Waals surface area contributed by atoms with Crippen LogP contribution < -0.4 is 0 Å². The molecule has 4 aromatic carbocycles. The number of amides is 1. The van der Waals surface area contributed by atoms with E-state index in [9.17, 15) is 4.79 Å². The molecule has 0 aliphatic rings. The molecule has 0 fully saturated rings. The van der Waals surface area contributed by atoms with Gasteiger partial charge in [-0.25, -0.2) is 0 Å². The molecule has 0 aromatic heterocycles. The van der Waals surface area contributed by atoms with Crippen LogP contribution in [0.25, 0.3) is 11.1 Å². The molecule has 0 saturated heterocycles. The van der Waals surface area contributed by atoms with E-state index in [1.54, 1.807) is 0 Å². The van der Waals surface area contributed by atoms with Crippen LogP contribution in [-0.4, -0.2) is 17.9 Å². The standard InChI is InChI=1S/C28H25NO/c1-29(28(25-13-7-3-8-14-25)26-15-9-4-10-16-26)27(30)21-22-17-19-24(20-18-22)23-11-5-2-6-12-23/h2-20,28H,21H2,1H3. The maximum Gasteiger partial charge on any atom is 0.227 e. The lowest BCUT2D eigenvalue weighted by Crippen LogP contribution is -2.33. The summed E-state index contributed by atoms with van der Waals surface area (Å²) in [6.45, 7) is 0. The van der Waals surface area contributed by atoms with Crippen molar-refractivity contribution in [2.45, 2.75) is 12.5 Å². The van der Waals surface area contributed by atoms with Gasteiger partial charge >= 0.3 is 0 Å². The molecule has 0 bridgehead atoms. The van der Waals surface area contributed by atoms with Crippen LogP contribution in [0, 0.1) is 0 Å². The van der Waals surface area contributed by atoms with Gasteiger partial charge in [0.05, 0.1) is 12.5 Å². The largest absolute Gasteiger partial charge is 0.334 e. The average Bonchev–Trinajstić information content (AvgIpc) is 2.82. The minimum atomic E-state index is -0.108. The summed E-state index contributed by atoms with van der Waals surface area (Å²) in [5, 5.41) is 0. The third kappa shape index (κ3) is 4.49. The van der Waals surface area contributed by atoms with Gasteiger partial charge < -0.3 is 4.90 Å². The van der Waals surface area contributed by atoms with Crippen molar-refractivity contribution in [2.24, 2.45) is 0 Å². The van der Waals surface area contributed by atoms with Gasteiger partial charge in [-0.3, -0.25) is 4.79 Å². The van der Waals surface area contributed by atoms with Gasteiger partial charge in [-0.1, -0.05) is 115 Å². The van der Waals surface area contributed by atoms with Gasteiger partial charge in [0, 0.05) is 7.05 Å². The number of carbonyl (C=O) groups is 1. The normalized spacial score (nSPS) is 10.7. The van der Waals surface area contributed by atoms with E-state index in [2.05, 4.69) is 48.5 Å². The quantitative estimate of drug-likeness (QED) is 0.386. The summed E-state index contributed by atoms with van der Waals surface area (Å²) in [6.07, 6.45) is 0.377. The zero-order valence-electron chi connectivity index (χ0n) is 17.1. The summed E-state index contributed by atoms with van der Waals surface area (Å²) in [4.78, 5) is 15.0. The number of likely N-dealkylation sites (N-methyl/N-ethyl adjacent to an activating group) is 1. The van der Waals surface area contributed by atoms with Crippen molar-refractivity contribution in [2.75, 3.05) is 7.05 Å². The van der Waals surface area contributed by atoms with Crippen LogP contribution in [0.5, 0.6) is 0 Å². The molecule has 0 aliphatic carbocycles. The predicted octanol–water partition coefficient (Wildman–Crippen LogP) is 6.14. The van der Waals surface area contributed by atoms with Crippen LogP contribution in [0.15, 0.2) is 115 Å². The number of benzene rings is 4. The van der Waals surface area contributed by atoms with Gasteiger partial charge in [0.2, 0.25) is 5.91 Å². The minimum absolute atomic E-state index is 0.0974. The molecule has 30 heavy (non-hydrogen) atoms. The number of nitrogens with zero attached hydrogens (tertiary/aromatic N) is 1. The summed E-state index contributed by atoms with van der Waals surface area (Å²) >= 11 is 0. The smallest absolute Gasteiger partial charge is 0.227 e. The van der Waals surface area contributed by atoms with Crippen molar-refractivity contribution in [3.63, 3.8) is 0 Å². The SMILES string of the molecule is CN(C(=O)Cc1ccc(-c2ccccc2)cc1)C(c1ccccc1)c1ccccc1. The second-order valence-electron chi connectivity index (χ2n) is 7.47. The van der Waals surface area contributed by atoms with Crippen molar-refractivity contribution in [1.82, 2.24) is 4.90 Å².